The Balaban J connectivity index is 1.72. The number of rotatable bonds is 7. The Kier molecular flexibility index (Phi) is 7.23. The lowest BCUT2D eigenvalue weighted by Gasteiger charge is -2.15. The van der Waals surface area contributed by atoms with Crippen LogP contribution in [0.15, 0.2) is 48.5 Å². The van der Waals surface area contributed by atoms with Gasteiger partial charge in [-0.15, -0.1) is 0 Å². The van der Waals surface area contributed by atoms with Crippen LogP contribution < -0.4 is 20.3 Å². The van der Waals surface area contributed by atoms with Gasteiger partial charge < -0.3 is 9.47 Å². The summed E-state index contributed by atoms with van der Waals surface area (Å²) in [6.45, 7) is 7.59. The second-order valence-electron chi connectivity index (χ2n) is 6.62. The number of hydrogen-bond acceptors (Lipinski definition) is 4. The van der Waals surface area contributed by atoms with E-state index in [2.05, 4.69) is 24.7 Å². The normalized spacial score (nSPS) is 11.6. The maximum Gasteiger partial charge on any atom is 0.279 e. The average molecular weight is 370 g/mol. The molecule has 0 heterocycles. The van der Waals surface area contributed by atoms with Gasteiger partial charge in [-0.2, -0.15) is 0 Å². The summed E-state index contributed by atoms with van der Waals surface area (Å²) in [4.78, 5) is 23.8. The number of amides is 2. The Morgan fingerprint density at radius 3 is 2.07 bits per heavy atom. The molecule has 144 valence electrons. The maximum absolute atomic E-state index is 12.0. The van der Waals surface area contributed by atoms with E-state index in [9.17, 15) is 9.59 Å². The highest BCUT2D eigenvalue weighted by Crippen LogP contribution is 2.18. The van der Waals surface area contributed by atoms with Gasteiger partial charge in [-0.3, -0.25) is 20.4 Å². The standard InChI is InChI=1S/C21H26N2O4/c1-14(2)17-7-11-18(12-8-17)26-13-20(24)22-23-21(25)16(4)27-19-9-5-15(3)6-10-19/h5-12,14,16H,13H2,1-4H3,(H,22,24)(H,23,25). The molecule has 2 aromatic carbocycles. The van der Waals surface area contributed by atoms with Crippen molar-refractivity contribution in [3.05, 3.63) is 59.7 Å². The lowest BCUT2D eigenvalue weighted by molar-refractivity contribution is -0.133. The van der Waals surface area contributed by atoms with Crippen LogP contribution in [0.3, 0.4) is 0 Å². The fourth-order valence-electron chi connectivity index (χ4n) is 2.24. The van der Waals surface area contributed by atoms with Gasteiger partial charge in [0, 0.05) is 0 Å². The molecule has 1 unspecified atom stereocenters. The number of nitrogens with one attached hydrogen (secondary N) is 2. The average Bonchev–Trinajstić information content (AvgIpc) is 2.66. The van der Waals surface area contributed by atoms with Crippen LogP contribution in [0.25, 0.3) is 0 Å². The van der Waals surface area contributed by atoms with Gasteiger partial charge in [0.1, 0.15) is 11.5 Å². The molecule has 6 heteroatoms. The van der Waals surface area contributed by atoms with Crippen LogP contribution in [0.1, 0.15) is 37.8 Å². The van der Waals surface area contributed by atoms with Gasteiger partial charge in [0.05, 0.1) is 0 Å². The first-order chi connectivity index (χ1) is 12.8. The summed E-state index contributed by atoms with van der Waals surface area (Å²) >= 11 is 0. The van der Waals surface area contributed by atoms with Crippen LogP contribution in [0, 0.1) is 6.92 Å². The van der Waals surface area contributed by atoms with Crippen molar-refractivity contribution in [3.8, 4) is 11.5 Å². The molecule has 6 nitrogen and oxygen atoms in total. The quantitative estimate of drug-likeness (QED) is 0.734. The number of hydrazine groups is 1. The zero-order valence-electron chi connectivity index (χ0n) is 16.1. The summed E-state index contributed by atoms with van der Waals surface area (Å²) in [5.41, 5.74) is 6.94. The lowest BCUT2D eigenvalue weighted by atomic mass is 10.0. The zero-order chi connectivity index (χ0) is 19.8. The molecule has 0 spiro atoms. The molecular formula is C21H26N2O4. The fourth-order valence-corrected chi connectivity index (χ4v) is 2.24. The number of ether oxygens (including phenoxy) is 2. The van der Waals surface area contributed by atoms with E-state index in [-0.39, 0.29) is 6.61 Å². The number of aryl methyl sites for hydroxylation is 1. The van der Waals surface area contributed by atoms with Crippen molar-refractivity contribution >= 4 is 11.8 Å². The van der Waals surface area contributed by atoms with Crippen LogP contribution in [-0.4, -0.2) is 24.5 Å². The van der Waals surface area contributed by atoms with Gasteiger partial charge in [0.2, 0.25) is 0 Å². The minimum Gasteiger partial charge on any atom is -0.484 e. The van der Waals surface area contributed by atoms with Gasteiger partial charge in [-0.05, 0) is 49.6 Å². The number of carbonyl (C=O) groups is 2. The Hall–Kier alpha value is -3.02. The Morgan fingerprint density at radius 1 is 0.889 bits per heavy atom. The molecule has 2 rings (SSSR count). The van der Waals surface area contributed by atoms with Crippen molar-refractivity contribution in [2.24, 2.45) is 0 Å². The second-order valence-corrected chi connectivity index (χ2v) is 6.62. The van der Waals surface area contributed by atoms with Crippen molar-refractivity contribution in [2.75, 3.05) is 6.61 Å². The molecule has 1 atom stereocenters. The SMILES string of the molecule is Cc1ccc(OC(C)C(=O)NNC(=O)COc2ccc(C(C)C)cc2)cc1. The third kappa shape index (κ3) is 6.66. The predicted octanol–water partition coefficient (Wildman–Crippen LogP) is 3.11. The van der Waals surface area contributed by atoms with Crippen molar-refractivity contribution in [1.29, 1.82) is 0 Å². The van der Waals surface area contributed by atoms with Crippen molar-refractivity contribution in [2.45, 2.75) is 39.7 Å². The second kappa shape index (κ2) is 9.62. The summed E-state index contributed by atoms with van der Waals surface area (Å²) in [5.74, 6) is 0.699. The summed E-state index contributed by atoms with van der Waals surface area (Å²) in [7, 11) is 0. The van der Waals surface area contributed by atoms with E-state index in [0.717, 1.165) is 5.56 Å². The zero-order valence-corrected chi connectivity index (χ0v) is 16.1. The Morgan fingerprint density at radius 2 is 1.48 bits per heavy atom. The summed E-state index contributed by atoms with van der Waals surface area (Å²) < 4.78 is 10.9. The Bertz CT molecular complexity index is 755. The van der Waals surface area contributed by atoms with Gasteiger partial charge in [0.15, 0.2) is 12.7 Å². The molecule has 0 aromatic heterocycles. The molecule has 0 aliphatic heterocycles. The first-order valence-electron chi connectivity index (χ1n) is 8.90. The summed E-state index contributed by atoms with van der Waals surface area (Å²) in [5, 5.41) is 0. The fraction of sp³-hybridized carbons (Fsp3) is 0.333. The van der Waals surface area contributed by atoms with E-state index in [4.69, 9.17) is 9.47 Å². The van der Waals surface area contributed by atoms with Gasteiger partial charge in [0.25, 0.3) is 11.8 Å². The van der Waals surface area contributed by atoms with E-state index in [1.54, 1.807) is 19.1 Å². The van der Waals surface area contributed by atoms with Crippen LogP contribution in [-0.2, 0) is 9.59 Å². The molecule has 2 aromatic rings. The molecule has 0 radical (unpaired) electrons. The van der Waals surface area contributed by atoms with Crippen molar-refractivity contribution in [1.82, 2.24) is 10.9 Å². The van der Waals surface area contributed by atoms with E-state index >= 15 is 0 Å². The topological polar surface area (TPSA) is 76.7 Å². The predicted molar refractivity (Wildman–Crippen MR) is 104 cm³/mol. The lowest BCUT2D eigenvalue weighted by Crippen LogP contribution is -2.48. The molecule has 0 fully saturated rings. The van der Waals surface area contributed by atoms with Crippen LogP contribution in [0.5, 0.6) is 11.5 Å². The Labute approximate surface area is 159 Å². The van der Waals surface area contributed by atoms with E-state index in [1.807, 2.05) is 43.3 Å². The molecule has 0 aliphatic carbocycles. The van der Waals surface area contributed by atoms with Crippen molar-refractivity contribution in [3.63, 3.8) is 0 Å². The molecular weight excluding hydrogens is 344 g/mol. The number of hydrogen-bond donors (Lipinski definition) is 2. The van der Waals surface area contributed by atoms with Gasteiger partial charge in [-0.25, -0.2) is 0 Å². The monoisotopic (exact) mass is 370 g/mol. The largest absolute Gasteiger partial charge is 0.484 e. The smallest absolute Gasteiger partial charge is 0.279 e. The van der Waals surface area contributed by atoms with Crippen LogP contribution in [0.4, 0.5) is 0 Å². The van der Waals surface area contributed by atoms with Crippen LogP contribution >= 0.6 is 0 Å². The molecule has 0 aliphatic rings. The summed E-state index contributed by atoms with van der Waals surface area (Å²) in [6, 6.07) is 14.9. The first-order valence-corrected chi connectivity index (χ1v) is 8.90. The highest BCUT2D eigenvalue weighted by atomic mass is 16.5. The summed E-state index contributed by atoms with van der Waals surface area (Å²) in [6.07, 6.45) is -0.752. The third-order valence-corrected chi connectivity index (χ3v) is 3.94. The molecule has 27 heavy (non-hydrogen) atoms. The minimum atomic E-state index is -0.752. The molecule has 0 bridgehead atoms. The molecule has 2 N–H and O–H groups in total. The molecule has 0 saturated heterocycles. The first kappa shape index (κ1) is 20.3. The molecule has 0 saturated carbocycles. The van der Waals surface area contributed by atoms with E-state index in [1.165, 1.54) is 5.56 Å². The highest BCUT2D eigenvalue weighted by Gasteiger charge is 2.15. The maximum atomic E-state index is 12.0. The van der Waals surface area contributed by atoms with Crippen LogP contribution in [0.2, 0.25) is 0 Å². The van der Waals surface area contributed by atoms with E-state index < -0.39 is 17.9 Å². The number of carbonyl (C=O) groups excluding carboxylic acids is 2. The third-order valence-electron chi connectivity index (χ3n) is 3.94. The molecule has 2 amide bonds. The number of benzene rings is 2. The highest BCUT2D eigenvalue weighted by molar-refractivity contribution is 5.85. The van der Waals surface area contributed by atoms with Gasteiger partial charge in [-0.1, -0.05) is 43.7 Å². The van der Waals surface area contributed by atoms with E-state index in [0.29, 0.717) is 17.4 Å². The minimum absolute atomic E-state index is 0.200. The van der Waals surface area contributed by atoms with Crippen molar-refractivity contribution < 1.29 is 19.1 Å². The van der Waals surface area contributed by atoms with Gasteiger partial charge >= 0.3 is 0 Å².